The van der Waals surface area contributed by atoms with Crippen molar-refractivity contribution in [1.29, 1.82) is 0 Å². The Bertz CT molecular complexity index is 604. The van der Waals surface area contributed by atoms with E-state index in [9.17, 15) is 8.42 Å². The minimum absolute atomic E-state index is 0.0104. The van der Waals surface area contributed by atoms with E-state index in [4.69, 9.17) is 17.3 Å². The molecule has 1 aromatic carbocycles. The molecule has 118 valence electrons. The standard InChI is InChI=1S/C15H23ClN2O2S/c1-3-12(17)8-11-4-5-15(14(16)9-11)18(2)13-6-7-21(19,20)10-13/h4-5,9,12-13H,3,6-8,10,17H2,1-2H3. The monoisotopic (exact) mass is 330 g/mol. The van der Waals surface area contributed by atoms with Crippen molar-refractivity contribution in [1.82, 2.24) is 0 Å². The fraction of sp³-hybridized carbons (Fsp3) is 0.600. The largest absolute Gasteiger partial charge is 0.369 e. The molecule has 1 fully saturated rings. The fourth-order valence-electron chi connectivity index (χ4n) is 2.69. The molecule has 1 aliphatic rings. The molecule has 1 aliphatic heterocycles. The van der Waals surface area contributed by atoms with Crippen LogP contribution in [0.15, 0.2) is 18.2 Å². The molecule has 0 bridgehead atoms. The highest BCUT2D eigenvalue weighted by Crippen LogP contribution is 2.30. The van der Waals surface area contributed by atoms with Crippen molar-refractivity contribution in [3.05, 3.63) is 28.8 Å². The van der Waals surface area contributed by atoms with Crippen LogP contribution in [0, 0.1) is 0 Å². The zero-order chi connectivity index (χ0) is 15.6. The predicted octanol–water partition coefficient (Wildman–Crippen LogP) is 2.24. The molecule has 2 N–H and O–H groups in total. The van der Waals surface area contributed by atoms with Gasteiger partial charge in [0.15, 0.2) is 9.84 Å². The van der Waals surface area contributed by atoms with Crippen molar-refractivity contribution in [3.8, 4) is 0 Å². The number of anilines is 1. The lowest BCUT2D eigenvalue weighted by molar-refractivity contribution is 0.601. The second-order valence-corrected chi connectivity index (χ2v) is 8.46. The van der Waals surface area contributed by atoms with Gasteiger partial charge in [-0.1, -0.05) is 24.6 Å². The van der Waals surface area contributed by atoms with Crippen molar-refractivity contribution in [2.24, 2.45) is 5.73 Å². The number of halogens is 1. The third-order valence-electron chi connectivity index (χ3n) is 4.17. The summed E-state index contributed by atoms with van der Waals surface area (Å²) in [6.07, 6.45) is 2.40. The Kier molecular flexibility index (Phi) is 5.17. The van der Waals surface area contributed by atoms with E-state index in [2.05, 4.69) is 6.92 Å². The van der Waals surface area contributed by atoms with E-state index in [1.54, 1.807) is 0 Å². The van der Waals surface area contributed by atoms with E-state index in [0.717, 1.165) is 24.1 Å². The van der Waals surface area contributed by atoms with Gasteiger partial charge in [0.2, 0.25) is 0 Å². The first kappa shape index (κ1) is 16.6. The Morgan fingerprint density at radius 2 is 2.19 bits per heavy atom. The Hall–Kier alpha value is -0.780. The lowest BCUT2D eigenvalue weighted by Gasteiger charge is -2.27. The maximum Gasteiger partial charge on any atom is 0.152 e. The molecule has 21 heavy (non-hydrogen) atoms. The van der Waals surface area contributed by atoms with Crippen LogP contribution in [0.1, 0.15) is 25.3 Å². The third-order valence-corrected chi connectivity index (χ3v) is 6.22. The summed E-state index contributed by atoms with van der Waals surface area (Å²) >= 11 is 6.37. The average Bonchev–Trinajstić information content (AvgIpc) is 2.78. The van der Waals surface area contributed by atoms with Gasteiger partial charge in [-0.2, -0.15) is 0 Å². The topological polar surface area (TPSA) is 63.4 Å². The van der Waals surface area contributed by atoms with Crippen molar-refractivity contribution in [3.63, 3.8) is 0 Å². The smallest absolute Gasteiger partial charge is 0.152 e. The quantitative estimate of drug-likeness (QED) is 0.899. The van der Waals surface area contributed by atoms with Crippen LogP contribution in [-0.4, -0.2) is 39.1 Å². The molecule has 2 unspecified atom stereocenters. The molecule has 0 spiro atoms. The minimum Gasteiger partial charge on any atom is -0.369 e. The molecule has 6 heteroatoms. The van der Waals surface area contributed by atoms with Crippen LogP contribution in [0.25, 0.3) is 0 Å². The number of rotatable bonds is 5. The Balaban J connectivity index is 2.13. The van der Waals surface area contributed by atoms with Gasteiger partial charge in [-0.3, -0.25) is 0 Å². The maximum absolute atomic E-state index is 11.6. The van der Waals surface area contributed by atoms with Crippen molar-refractivity contribution in [2.75, 3.05) is 23.5 Å². The van der Waals surface area contributed by atoms with Crippen LogP contribution < -0.4 is 10.6 Å². The second-order valence-electron chi connectivity index (χ2n) is 5.83. The van der Waals surface area contributed by atoms with Crippen LogP contribution in [0.4, 0.5) is 5.69 Å². The van der Waals surface area contributed by atoms with Crippen LogP contribution in [0.5, 0.6) is 0 Å². The third kappa shape index (κ3) is 4.11. The number of nitrogens with two attached hydrogens (primary N) is 1. The summed E-state index contributed by atoms with van der Waals surface area (Å²) < 4.78 is 23.2. The van der Waals surface area contributed by atoms with E-state index < -0.39 is 9.84 Å². The molecular weight excluding hydrogens is 308 g/mol. The molecule has 0 amide bonds. The molecule has 1 saturated heterocycles. The first-order valence-electron chi connectivity index (χ1n) is 7.29. The predicted molar refractivity (Wildman–Crippen MR) is 88.9 cm³/mol. The van der Waals surface area contributed by atoms with E-state index in [-0.39, 0.29) is 23.6 Å². The van der Waals surface area contributed by atoms with Crippen LogP contribution >= 0.6 is 11.6 Å². The van der Waals surface area contributed by atoms with Gasteiger partial charge >= 0.3 is 0 Å². The highest BCUT2D eigenvalue weighted by Gasteiger charge is 2.31. The van der Waals surface area contributed by atoms with Gasteiger partial charge < -0.3 is 10.6 Å². The summed E-state index contributed by atoms with van der Waals surface area (Å²) in [7, 11) is -0.983. The number of hydrogen-bond donors (Lipinski definition) is 1. The molecule has 2 rings (SSSR count). The summed E-state index contributed by atoms with van der Waals surface area (Å²) in [6.45, 7) is 2.06. The summed E-state index contributed by atoms with van der Waals surface area (Å²) in [4.78, 5) is 1.98. The zero-order valence-electron chi connectivity index (χ0n) is 12.5. The second kappa shape index (κ2) is 6.55. The molecule has 4 nitrogen and oxygen atoms in total. The maximum atomic E-state index is 11.6. The van der Waals surface area contributed by atoms with Gasteiger partial charge in [0.05, 0.1) is 22.2 Å². The normalized spacial score (nSPS) is 22.2. The van der Waals surface area contributed by atoms with Gasteiger partial charge in [-0.05, 0) is 37.0 Å². The highest BCUT2D eigenvalue weighted by atomic mass is 35.5. The molecule has 0 radical (unpaired) electrons. The summed E-state index contributed by atoms with van der Waals surface area (Å²) in [5.41, 5.74) is 7.96. The minimum atomic E-state index is -2.89. The van der Waals surface area contributed by atoms with Gasteiger partial charge in [-0.15, -0.1) is 0 Å². The van der Waals surface area contributed by atoms with Gasteiger partial charge in [0.1, 0.15) is 0 Å². The van der Waals surface area contributed by atoms with Crippen LogP contribution in [0.2, 0.25) is 5.02 Å². The van der Waals surface area contributed by atoms with Gasteiger partial charge in [-0.25, -0.2) is 8.42 Å². The average molecular weight is 331 g/mol. The van der Waals surface area contributed by atoms with Crippen molar-refractivity contribution in [2.45, 2.75) is 38.3 Å². The summed E-state index contributed by atoms with van der Waals surface area (Å²) in [5, 5.41) is 0.655. The number of benzene rings is 1. The van der Waals surface area contributed by atoms with Crippen LogP contribution in [-0.2, 0) is 16.3 Å². The lowest BCUT2D eigenvalue weighted by Crippen LogP contribution is -2.32. The zero-order valence-corrected chi connectivity index (χ0v) is 14.1. The first-order chi connectivity index (χ1) is 9.82. The number of sulfone groups is 1. The van der Waals surface area contributed by atoms with Gasteiger partial charge in [0, 0.05) is 19.1 Å². The Morgan fingerprint density at radius 3 is 2.71 bits per heavy atom. The summed E-state index contributed by atoms with van der Waals surface area (Å²) in [5.74, 6) is 0.478. The summed E-state index contributed by atoms with van der Waals surface area (Å²) in [6, 6.07) is 6.08. The van der Waals surface area contributed by atoms with E-state index in [1.165, 1.54) is 0 Å². The van der Waals surface area contributed by atoms with E-state index >= 15 is 0 Å². The van der Waals surface area contributed by atoms with Crippen molar-refractivity contribution >= 4 is 27.1 Å². The molecule has 0 saturated carbocycles. The Morgan fingerprint density at radius 1 is 1.48 bits per heavy atom. The van der Waals surface area contributed by atoms with E-state index in [0.29, 0.717) is 11.4 Å². The molecule has 2 atom stereocenters. The first-order valence-corrected chi connectivity index (χ1v) is 9.49. The number of hydrogen-bond acceptors (Lipinski definition) is 4. The lowest BCUT2D eigenvalue weighted by atomic mass is 10.0. The molecule has 1 aromatic rings. The molecule has 0 aliphatic carbocycles. The molecule has 1 heterocycles. The van der Waals surface area contributed by atoms with E-state index in [1.807, 2.05) is 30.1 Å². The van der Waals surface area contributed by atoms with Crippen molar-refractivity contribution < 1.29 is 8.42 Å². The van der Waals surface area contributed by atoms with Gasteiger partial charge in [0.25, 0.3) is 0 Å². The SMILES string of the molecule is CCC(N)Cc1ccc(N(C)C2CCS(=O)(=O)C2)c(Cl)c1. The highest BCUT2D eigenvalue weighted by molar-refractivity contribution is 7.91. The number of nitrogens with zero attached hydrogens (tertiary/aromatic N) is 1. The fourth-order valence-corrected chi connectivity index (χ4v) is 4.80. The molecule has 0 aromatic heterocycles. The molecular formula is C15H23ClN2O2S. The Labute approximate surface area is 132 Å². The van der Waals surface area contributed by atoms with Crippen LogP contribution in [0.3, 0.4) is 0 Å².